The normalized spacial score (nSPS) is 10.2. The molecule has 3 nitrogen and oxygen atoms in total. The van der Waals surface area contributed by atoms with Crippen LogP contribution in [-0.2, 0) is 6.61 Å². The summed E-state index contributed by atoms with van der Waals surface area (Å²) in [4.78, 5) is 0.259. The zero-order valence-corrected chi connectivity index (χ0v) is 13.6. The molecule has 0 saturated carbocycles. The molecule has 2 rings (SSSR count). The SMILES string of the molecule is COc1ccc(C(N)=S)c(OCc2ccc(Cl)cc2Cl)c1. The van der Waals surface area contributed by atoms with Crippen LogP contribution in [0.3, 0.4) is 0 Å². The van der Waals surface area contributed by atoms with E-state index < -0.39 is 0 Å². The summed E-state index contributed by atoms with van der Waals surface area (Å²) in [5.41, 5.74) is 7.16. The molecular formula is C15H13Cl2NO2S. The summed E-state index contributed by atoms with van der Waals surface area (Å²) in [6.45, 7) is 0.277. The Morgan fingerprint density at radius 2 is 1.95 bits per heavy atom. The van der Waals surface area contributed by atoms with Gasteiger partial charge in [-0.15, -0.1) is 0 Å². The molecule has 0 fully saturated rings. The van der Waals surface area contributed by atoms with Crippen LogP contribution in [0, 0.1) is 0 Å². The summed E-state index contributed by atoms with van der Waals surface area (Å²) in [6, 6.07) is 10.5. The molecule has 0 aliphatic carbocycles. The van der Waals surface area contributed by atoms with Crippen molar-refractivity contribution in [1.82, 2.24) is 0 Å². The van der Waals surface area contributed by atoms with Crippen LogP contribution in [0.1, 0.15) is 11.1 Å². The van der Waals surface area contributed by atoms with E-state index in [4.69, 9.17) is 50.6 Å². The van der Waals surface area contributed by atoms with Crippen LogP contribution in [0.15, 0.2) is 36.4 Å². The van der Waals surface area contributed by atoms with Crippen LogP contribution in [0.5, 0.6) is 11.5 Å². The average Bonchev–Trinajstić information content (AvgIpc) is 2.45. The summed E-state index contributed by atoms with van der Waals surface area (Å²) in [5, 5.41) is 1.12. The van der Waals surface area contributed by atoms with E-state index in [0.717, 1.165) is 5.56 Å². The van der Waals surface area contributed by atoms with Gasteiger partial charge in [0.1, 0.15) is 23.1 Å². The van der Waals surface area contributed by atoms with Crippen LogP contribution in [0.2, 0.25) is 10.0 Å². The number of halogens is 2. The maximum absolute atomic E-state index is 6.12. The van der Waals surface area contributed by atoms with Crippen LogP contribution >= 0.6 is 35.4 Å². The predicted molar refractivity (Wildman–Crippen MR) is 89.7 cm³/mol. The molecule has 6 heteroatoms. The molecule has 0 aliphatic rings. The Balaban J connectivity index is 2.24. The van der Waals surface area contributed by atoms with Crippen molar-refractivity contribution >= 4 is 40.4 Å². The van der Waals surface area contributed by atoms with Crippen molar-refractivity contribution in [2.75, 3.05) is 7.11 Å². The summed E-state index contributed by atoms with van der Waals surface area (Å²) in [7, 11) is 1.58. The molecule has 2 aromatic carbocycles. The number of hydrogen-bond acceptors (Lipinski definition) is 3. The van der Waals surface area contributed by atoms with E-state index in [1.807, 2.05) is 6.07 Å². The average molecular weight is 342 g/mol. The van der Waals surface area contributed by atoms with Crippen molar-refractivity contribution in [3.63, 3.8) is 0 Å². The molecule has 0 radical (unpaired) electrons. The van der Waals surface area contributed by atoms with Gasteiger partial charge in [-0.1, -0.05) is 41.5 Å². The highest BCUT2D eigenvalue weighted by Crippen LogP contribution is 2.27. The number of benzene rings is 2. The Bertz CT molecular complexity index is 677. The lowest BCUT2D eigenvalue weighted by Gasteiger charge is -2.13. The van der Waals surface area contributed by atoms with E-state index in [-0.39, 0.29) is 11.6 Å². The van der Waals surface area contributed by atoms with Crippen LogP contribution in [0.4, 0.5) is 0 Å². The third-order valence-electron chi connectivity index (χ3n) is 2.85. The third kappa shape index (κ3) is 4.00. The van der Waals surface area contributed by atoms with E-state index >= 15 is 0 Å². The van der Waals surface area contributed by atoms with Gasteiger partial charge < -0.3 is 15.2 Å². The Labute approximate surface area is 138 Å². The molecule has 21 heavy (non-hydrogen) atoms. The highest BCUT2D eigenvalue weighted by molar-refractivity contribution is 7.80. The van der Waals surface area contributed by atoms with E-state index in [9.17, 15) is 0 Å². The summed E-state index contributed by atoms with van der Waals surface area (Å²) in [6.07, 6.45) is 0. The van der Waals surface area contributed by atoms with Gasteiger partial charge in [0.2, 0.25) is 0 Å². The first-order valence-corrected chi connectivity index (χ1v) is 7.22. The molecule has 110 valence electrons. The number of rotatable bonds is 5. The van der Waals surface area contributed by atoms with Gasteiger partial charge in [0, 0.05) is 21.7 Å². The first kappa shape index (κ1) is 15.9. The maximum Gasteiger partial charge on any atom is 0.133 e. The van der Waals surface area contributed by atoms with Gasteiger partial charge in [0.05, 0.1) is 12.7 Å². The smallest absolute Gasteiger partial charge is 0.133 e. The zero-order chi connectivity index (χ0) is 15.4. The van der Waals surface area contributed by atoms with E-state index in [2.05, 4.69) is 0 Å². The molecule has 0 heterocycles. The fourth-order valence-corrected chi connectivity index (χ4v) is 2.38. The van der Waals surface area contributed by atoms with Crippen LogP contribution < -0.4 is 15.2 Å². The van der Waals surface area contributed by atoms with E-state index in [1.165, 1.54) is 0 Å². The van der Waals surface area contributed by atoms with Gasteiger partial charge in [0.25, 0.3) is 0 Å². The lowest BCUT2D eigenvalue weighted by atomic mass is 10.2. The molecule has 2 aromatic rings. The number of hydrogen-bond donors (Lipinski definition) is 1. The Hall–Kier alpha value is -1.49. The lowest BCUT2D eigenvalue weighted by Crippen LogP contribution is -2.12. The highest BCUT2D eigenvalue weighted by atomic mass is 35.5. The molecule has 0 bridgehead atoms. The summed E-state index contributed by atoms with van der Waals surface area (Å²) in [5.74, 6) is 1.21. The molecule has 0 amide bonds. The highest BCUT2D eigenvalue weighted by Gasteiger charge is 2.10. The molecule has 2 N–H and O–H groups in total. The van der Waals surface area contributed by atoms with Gasteiger partial charge >= 0.3 is 0 Å². The second-order valence-electron chi connectivity index (χ2n) is 4.25. The maximum atomic E-state index is 6.12. The summed E-state index contributed by atoms with van der Waals surface area (Å²) >= 11 is 17.0. The number of ether oxygens (including phenoxy) is 2. The van der Waals surface area contributed by atoms with Crippen molar-refractivity contribution in [1.29, 1.82) is 0 Å². The van der Waals surface area contributed by atoms with Crippen molar-refractivity contribution in [2.45, 2.75) is 6.61 Å². The van der Waals surface area contributed by atoms with Crippen molar-refractivity contribution in [3.05, 3.63) is 57.6 Å². The summed E-state index contributed by atoms with van der Waals surface area (Å²) < 4.78 is 10.9. The largest absolute Gasteiger partial charge is 0.497 e. The Kier molecular flexibility index (Phi) is 5.28. The molecular weight excluding hydrogens is 329 g/mol. The van der Waals surface area contributed by atoms with Gasteiger partial charge in [0.15, 0.2) is 0 Å². The lowest BCUT2D eigenvalue weighted by molar-refractivity contribution is 0.303. The quantitative estimate of drug-likeness (QED) is 0.827. The predicted octanol–water partition coefficient (Wildman–Crippen LogP) is 4.22. The first-order chi connectivity index (χ1) is 10.0. The minimum atomic E-state index is 0.259. The molecule has 0 saturated heterocycles. The molecule has 0 spiro atoms. The second-order valence-corrected chi connectivity index (χ2v) is 5.53. The van der Waals surface area contributed by atoms with Crippen LogP contribution in [-0.4, -0.2) is 12.1 Å². The molecule has 0 aliphatic heterocycles. The van der Waals surface area contributed by atoms with Crippen molar-refractivity contribution in [2.24, 2.45) is 5.73 Å². The molecule has 0 unspecified atom stereocenters. The Morgan fingerprint density at radius 3 is 2.57 bits per heavy atom. The van der Waals surface area contributed by atoms with Crippen molar-refractivity contribution < 1.29 is 9.47 Å². The Morgan fingerprint density at radius 1 is 1.19 bits per heavy atom. The van der Waals surface area contributed by atoms with Gasteiger partial charge in [-0.25, -0.2) is 0 Å². The minimum absolute atomic E-state index is 0.259. The first-order valence-electron chi connectivity index (χ1n) is 6.06. The van der Waals surface area contributed by atoms with Crippen molar-refractivity contribution in [3.8, 4) is 11.5 Å². The monoisotopic (exact) mass is 341 g/mol. The zero-order valence-electron chi connectivity index (χ0n) is 11.2. The van der Waals surface area contributed by atoms with E-state index in [1.54, 1.807) is 37.4 Å². The number of nitrogens with two attached hydrogens (primary N) is 1. The van der Waals surface area contributed by atoms with Gasteiger partial charge in [-0.2, -0.15) is 0 Å². The fraction of sp³-hybridized carbons (Fsp3) is 0.133. The molecule has 0 atom stereocenters. The van der Waals surface area contributed by atoms with Crippen LogP contribution in [0.25, 0.3) is 0 Å². The van der Waals surface area contributed by atoms with E-state index in [0.29, 0.717) is 27.1 Å². The topological polar surface area (TPSA) is 44.5 Å². The number of methoxy groups -OCH3 is 1. The standard InChI is InChI=1S/C15H13Cl2NO2S/c1-19-11-4-5-12(15(18)21)14(7-11)20-8-9-2-3-10(16)6-13(9)17/h2-7H,8H2,1H3,(H2,18,21). The second kappa shape index (κ2) is 6.98. The fourth-order valence-electron chi connectivity index (χ4n) is 1.75. The molecule has 0 aromatic heterocycles. The van der Waals surface area contributed by atoms with Gasteiger partial charge in [-0.3, -0.25) is 0 Å². The number of thiocarbonyl (C=S) groups is 1. The van der Waals surface area contributed by atoms with Gasteiger partial charge in [-0.05, 0) is 24.3 Å². The minimum Gasteiger partial charge on any atom is -0.497 e. The third-order valence-corrected chi connectivity index (χ3v) is 3.66.